The van der Waals surface area contributed by atoms with E-state index in [1.807, 2.05) is 48.0 Å². The third-order valence-corrected chi connectivity index (χ3v) is 5.90. The molecule has 1 heterocycles. The Morgan fingerprint density at radius 2 is 1.77 bits per heavy atom. The first-order chi connectivity index (χ1) is 14.6. The highest BCUT2D eigenvalue weighted by Gasteiger charge is 2.20. The zero-order valence-corrected chi connectivity index (χ0v) is 18.2. The number of nitrogens with one attached hydrogen (secondary N) is 2. The van der Waals surface area contributed by atoms with Crippen LogP contribution >= 0.6 is 11.3 Å². The van der Waals surface area contributed by atoms with Gasteiger partial charge in [0.15, 0.2) is 6.54 Å². The van der Waals surface area contributed by atoms with E-state index >= 15 is 0 Å². The Bertz CT molecular complexity index is 968. The largest absolute Gasteiger partial charge is 0.342 e. The summed E-state index contributed by atoms with van der Waals surface area (Å²) >= 11 is 1.68. The van der Waals surface area contributed by atoms with Crippen molar-refractivity contribution in [1.82, 2.24) is 5.32 Å². The molecule has 6 heteroatoms. The highest BCUT2D eigenvalue weighted by Crippen LogP contribution is 2.23. The van der Waals surface area contributed by atoms with Crippen molar-refractivity contribution in [2.45, 2.75) is 26.3 Å². The number of nitrogens with two attached hydrogens (primary N) is 1. The SMILES string of the molecule is CCc1ccccc1NC(=O)CNC(=O)C[NH2+][C@@H](c1ccc(C)cc1)c1cccs1. The molecule has 5 nitrogen and oxygen atoms in total. The molecule has 156 valence electrons. The first kappa shape index (κ1) is 21.7. The summed E-state index contributed by atoms with van der Waals surface area (Å²) in [5.41, 5.74) is 4.23. The number of amides is 2. The molecule has 0 saturated heterocycles. The molecule has 30 heavy (non-hydrogen) atoms. The van der Waals surface area contributed by atoms with Crippen LogP contribution in [0.3, 0.4) is 0 Å². The number of para-hydroxylation sites is 1. The molecule has 2 aromatic carbocycles. The maximum absolute atomic E-state index is 12.4. The minimum absolute atomic E-state index is 0.0427. The first-order valence-electron chi connectivity index (χ1n) is 10.1. The molecule has 3 aromatic rings. The van der Waals surface area contributed by atoms with Crippen LogP contribution in [0.2, 0.25) is 0 Å². The standard InChI is InChI=1S/C24H27N3O2S/c1-3-18-7-4-5-8-20(18)27-23(29)16-25-22(28)15-26-24(21-9-6-14-30-21)19-12-10-17(2)11-13-19/h4-14,24,26H,3,15-16H2,1-2H3,(H,25,28)(H,27,29)/p+1/t24-/m0/s1. The summed E-state index contributed by atoms with van der Waals surface area (Å²) in [5.74, 6) is -0.389. The molecule has 0 aliphatic carbocycles. The Morgan fingerprint density at radius 3 is 2.47 bits per heavy atom. The third-order valence-electron chi connectivity index (χ3n) is 4.94. The van der Waals surface area contributed by atoms with Crippen LogP contribution in [0.1, 0.15) is 34.5 Å². The van der Waals surface area contributed by atoms with Gasteiger partial charge in [-0.1, -0.05) is 61.0 Å². The van der Waals surface area contributed by atoms with E-state index < -0.39 is 0 Å². The van der Waals surface area contributed by atoms with E-state index in [0.717, 1.165) is 23.2 Å². The van der Waals surface area contributed by atoms with Crippen molar-refractivity contribution in [2.24, 2.45) is 0 Å². The number of hydrogen-bond acceptors (Lipinski definition) is 3. The highest BCUT2D eigenvalue weighted by atomic mass is 32.1. The van der Waals surface area contributed by atoms with Crippen molar-refractivity contribution in [3.05, 3.63) is 87.6 Å². The molecule has 0 aliphatic heterocycles. The maximum Gasteiger partial charge on any atom is 0.275 e. The fourth-order valence-electron chi connectivity index (χ4n) is 3.28. The van der Waals surface area contributed by atoms with Gasteiger partial charge < -0.3 is 16.0 Å². The fraction of sp³-hybridized carbons (Fsp3) is 0.250. The summed E-state index contributed by atoms with van der Waals surface area (Å²) in [6.07, 6.45) is 0.834. The quantitative estimate of drug-likeness (QED) is 0.496. The van der Waals surface area contributed by atoms with E-state index in [9.17, 15) is 9.59 Å². The van der Waals surface area contributed by atoms with Gasteiger partial charge in [-0.2, -0.15) is 0 Å². The number of benzene rings is 2. The second kappa shape index (κ2) is 10.7. The van der Waals surface area contributed by atoms with E-state index in [-0.39, 0.29) is 30.9 Å². The molecule has 1 atom stereocenters. The number of anilines is 1. The molecule has 0 radical (unpaired) electrons. The van der Waals surface area contributed by atoms with Crippen molar-refractivity contribution >= 4 is 28.8 Å². The predicted octanol–water partition coefficient (Wildman–Crippen LogP) is 3.03. The monoisotopic (exact) mass is 422 g/mol. The van der Waals surface area contributed by atoms with Gasteiger partial charge in [0.2, 0.25) is 5.91 Å². The summed E-state index contributed by atoms with van der Waals surface area (Å²) in [5, 5.41) is 9.65. The number of carbonyl (C=O) groups is 2. The lowest BCUT2D eigenvalue weighted by molar-refractivity contribution is -0.676. The van der Waals surface area contributed by atoms with Gasteiger partial charge in [0.05, 0.1) is 11.4 Å². The van der Waals surface area contributed by atoms with Gasteiger partial charge in [0, 0.05) is 11.3 Å². The van der Waals surface area contributed by atoms with E-state index in [0.29, 0.717) is 0 Å². The van der Waals surface area contributed by atoms with Crippen LogP contribution in [0.4, 0.5) is 5.69 Å². The van der Waals surface area contributed by atoms with Gasteiger partial charge in [-0.3, -0.25) is 9.59 Å². The second-order valence-electron chi connectivity index (χ2n) is 7.18. The van der Waals surface area contributed by atoms with Crippen LogP contribution in [0.5, 0.6) is 0 Å². The molecule has 1 aromatic heterocycles. The lowest BCUT2D eigenvalue weighted by atomic mass is 10.0. The van der Waals surface area contributed by atoms with Crippen molar-refractivity contribution in [1.29, 1.82) is 0 Å². The van der Waals surface area contributed by atoms with Gasteiger partial charge in [-0.05, 0) is 36.4 Å². The molecule has 0 saturated carbocycles. The molecule has 4 N–H and O–H groups in total. The molecular formula is C24H28N3O2S+. The summed E-state index contributed by atoms with van der Waals surface area (Å²) in [7, 11) is 0. The van der Waals surface area contributed by atoms with E-state index in [4.69, 9.17) is 0 Å². The average molecular weight is 423 g/mol. The lowest BCUT2D eigenvalue weighted by Gasteiger charge is -2.15. The Morgan fingerprint density at radius 1 is 1.00 bits per heavy atom. The van der Waals surface area contributed by atoms with Crippen molar-refractivity contribution < 1.29 is 14.9 Å². The van der Waals surface area contributed by atoms with Crippen LogP contribution in [0.15, 0.2) is 66.0 Å². The van der Waals surface area contributed by atoms with Gasteiger partial charge >= 0.3 is 0 Å². The normalized spacial score (nSPS) is 11.7. The second-order valence-corrected chi connectivity index (χ2v) is 8.16. The van der Waals surface area contributed by atoms with Crippen LogP contribution in [-0.2, 0) is 16.0 Å². The third kappa shape index (κ3) is 6.02. The van der Waals surface area contributed by atoms with Gasteiger partial charge in [-0.25, -0.2) is 0 Å². The molecule has 3 rings (SSSR count). The first-order valence-corrected chi connectivity index (χ1v) is 11.0. The topological polar surface area (TPSA) is 74.8 Å². The summed E-state index contributed by atoms with van der Waals surface area (Å²) in [6.45, 7) is 4.31. The molecule has 0 fully saturated rings. The number of quaternary nitrogens is 1. The zero-order chi connectivity index (χ0) is 21.3. The molecule has 0 spiro atoms. The summed E-state index contributed by atoms with van der Waals surface area (Å²) in [6, 6.07) is 20.2. The zero-order valence-electron chi connectivity index (χ0n) is 17.4. The maximum atomic E-state index is 12.4. The van der Waals surface area contributed by atoms with Crippen LogP contribution < -0.4 is 16.0 Å². The van der Waals surface area contributed by atoms with E-state index in [1.165, 1.54) is 10.4 Å². The highest BCUT2D eigenvalue weighted by molar-refractivity contribution is 7.10. The van der Waals surface area contributed by atoms with E-state index in [1.54, 1.807) is 11.3 Å². The van der Waals surface area contributed by atoms with Crippen molar-refractivity contribution in [3.63, 3.8) is 0 Å². The Balaban J connectivity index is 1.53. The van der Waals surface area contributed by atoms with Crippen LogP contribution in [-0.4, -0.2) is 24.9 Å². The number of carbonyl (C=O) groups excluding carboxylic acids is 2. The summed E-state index contributed by atoms with van der Waals surface area (Å²) < 4.78 is 0. The van der Waals surface area contributed by atoms with Crippen molar-refractivity contribution in [2.75, 3.05) is 18.4 Å². The number of rotatable bonds is 9. The average Bonchev–Trinajstić information content (AvgIpc) is 3.28. The van der Waals surface area contributed by atoms with Gasteiger partial charge in [0.1, 0.15) is 6.04 Å². The molecule has 0 aliphatic rings. The summed E-state index contributed by atoms with van der Waals surface area (Å²) in [4.78, 5) is 25.8. The van der Waals surface area contributed by atoms with Crippen molar-refractivity contribution in [3.8, 4) is 0 Å². The number of hydrogen-bond donors (Lipinski definition) is 3. The Hall–Kier alpha value is -2.96. The molecule has 0 bridgehead atoms. The Kier molecular flexibility index (Phi) is 7.76. The molecule has 2 amide bonds. The van der Waals surface area contributed by atoms with E-state index in [2.05, 4.69) is 47.9 Å². The Labute approximate surface area is 181 Å². The predicted molar refractivity (Wildman–Crippen MR) is 122 cm³/mol. The van der Waals surface area contributed by atoms with Crippen LogP contribution in [0, 0.1) is 6.92 Å². The number of thiophene rings is 1. The minimum atomic E-state index is -0.224. The minimum Gasteiger partial charge on any atom is -0.342 e. The van der Waals surface area contributed by atoms with Crippen LogP contribution in [0.25, 0.3) is 0 Å². The molecule has 0 unspecified atom stereocenters. The van der Waals surface area contributed by atoms with Gasteiger partial charge in [0.25, 0.3) is 5.91 Å². The fourth-order valence-corrected chi connectivity index (χ4v) is 4.13. The molecular weight excluding hydrogens is 394 g/mol. The van der Waals surface area contributed by atoms with Gasteiger partial charge in [-0.15, -0.1) is 11.3 Å². The lowest BCUT2D eigenvalue weighted by Crippen LogP contribution is -2.87. The number of aryl methyl sites for hydroxylation is 2. The smallest absolute Gasteiger partial charge is 0.275 e.